The van der Waals surface area contributed by atoms with Crippen LogP contribution in [0.4, 0.5) is 4.79 Å². The molecule has 0 heterocycles. The van der Waals surface area contributed by atoms with Crippen molar-refractivity contribution < 1.29 is 19.1 Å². The average Bonchev–Trinajstić information content (AvgIpc) is 2.64. The van der Waals surface area contributed by atoms with Crippen LogP contribution in [-0.4, -0.2) is 35.2 Å². The first-order chi connectivity index (χ1) is 13.3. The molecule has 0 spiro atoms. The molecule has 1 amide bonds. The largest absolute Gasteiger partial charge is 0.458 e. The van der Waals surface area contributed by atoms with Gasteiger partial charge in [-0.25, -0.2) is 9.59 Å². The van der Waals surface area contributed by atoms with Crippen LogP contribution in [0.5, 0.6) is 0 Å². The van der Waals surface area contributed by atoms with Gasteiger partial charge in [-0.2, -0.15) is 0 Å². The number of hydrogen-bond acceptors (Lipinski definition) is 4. The number of hydrogen-bond donors (Lipinski definition) is 0. The van der Waals surface area contributed by atoms with Crippen LogP contribution in [0.1, 0.15) is 65.4 Å². The maximum Gasteiger partial charge on any atom is 0.410 e. The third-order valence-corrected chi connectivity index (χ3v) is 4.13. The molecule has 1 aromatic rings. The van der Waals surface area contributed by atoms with E-state index in [0.717, 1.165) is 31.2 Å². The van der Waals surface area contributed by atoms with Gasteiger partial charge in [-0.15, -0.1) is 6.58 Å². The molecular weight excluding hydrogens is 354 g/mol. The molecule has 0 aliphatic heterocycles. The first kappa shape index (κ1) is 23.7. The van der Waals surface area contributed by atoms with E-state index in [0.29, 0.717) is 13.0 Å². The molecule has 0 saturated carbocycles. The molecule has 0 N–H and O–H groups in total. The summed E-state index contributed by atoms with van der Waals surface area (Å²) in [6.07, 6.45) is 5.11. The zero-order valence-corrected chi connectivity index (χ0v) is 17.8. The molecule has 0 radical (unpaired) electrons. The lowest BCUT2D eigenvalue weighted by Gasteiger charge is -2.32. The lowest BCUT2D eigenvalue weighted by molar-refractivity contribution is -0.161. The maximum absolute atomic E-state index is 12.9. The standard InChI is InChI=1S/C23H35NO4/c1-6-8-13-17-24(22(26)27-18-19-14-11-10-12-15-19)20(16-9-7-2)21(25)28-23(3,4)5/h6,10-12,14-15,20H,1,7-9,13,16-18H2,2-5H3/t20-/m0/s1. The Morgan fingerprint density at radius 2 is 1.86 bits per heavy atom. The maximum atomic E-state index is 12.9. The van der Waals surface area contributed by atoms with Crippen LogP contribution >= 0.6 is 0 Å². The Morgan fingerprint density at radius 3 is 2.43 bits per heavy atom. The molecule has 1 atom stereocenters. The predicted octanol–water partition coefficient (Wildman–Crippen LogP) is 5.49. The SMILES string of the molecule is C=CCCCN(C(=O)OCc1ccccc1)[C@@H](CCCC)C(=O)OC(C)(C)C. The third kappa shape index (κ3) is 9.07. The second-order valence-electron chi connectivity index (χ2n) is 7.86. The Hall–Kier alpha value is -2.30. The smallest absolute Gasteiger partial charge is 0.410 e. The fraction of sp³-hybridized carbons (Fsp3) is 0.565. The van der Waals surface area contributed by atoms with Crippen LogP contribution in [-0.2, 0) is 20.9 Å². The molecule has 0 aliphatic rings. The van der Waals surface area contributed by atoms with E-state index in [1.807, 2.05) is 57.2 Å². The summed E-state index contributed by atoms with van der Waals surface area (Å²) in [6, 6.07) is 8.87. The van der Waals surface area contributed by atoms with Gasteiger partial charge in [-0.1, -0.05) is 56.2 Å². The summed E-state index contributed by atoms with van der Waals surface area (Å²) in [5.41, 5.74) is 0.298. The van der Waals surface area contributed by atoms with Crippen LogP contribution in [0.25, 0.3) is 0 Å². The van der Waals surface area contributed by atoms with E-state index in [-0.39, 0.29) is 12.6 Å². The Bertz CT molecular complexity index is 607. The summed E-state index contributed by atoms with van der Waals surface area (Å²) in [6.45, 7) is 11.9. The third-order valence-electron chi connectivity index (χ3n) is 4.13. The molecule has 0 saturated heterocycles. The fourth-order valence-corrected chi connectivity index (χ4v) is 2.75. The molecular formula is C23H35NO4. The summed E-state index contributed by atoms with van der Waals surface area (Å²) in [5.74, 6) is -0.379. The number of benzene rings is 1. The summed E-state index contributed by atoms with van der Waals surface area (Å²) in [5, 5.41) is 0. The van der Waals surface area contributed by atoms with E-state index in [2.05, 4.69) is 13.5 Å². The van der Waals surface area contributed by atoms with Gasteiger partial charge < -0.3 is 9.47 Å². The number of amides is 1. The fourth-order valence-electron chi connectivity index (χ4n) is 2.75. The molecule has 1 rings (SSSR count). The zero-order valence-electron chi connectivity index (χ0n) is 17.8. The molecule has 156 valence electrons. The van der Waals surface area contributed by atoms with Crippen LogP contribution in [0, 0.1) is 0 Å². The molecule has 0 unspecified atom stereocenters. The van der Waals surface area contributed by atoms with Gasteiger partial charge in [0.25, 0.3) is 0 Å². The molecule has 1 aromatic carbocycles. The highest BCUT2D eigenvalue weighted by molar-refractivity contribution is 5.81. The minimum Gasteiger partial charge on any atom is -0.458 e. The second kappa shape index (κ2) is 12.2. The molecule has 5 heteroatoms. The molecule has 0 aromatic heterocycles. The summed E-state index contributed by atoms with van der Waals surface area (Å²) in [4.78, 5) is 27.2. The van der Waals surface area contributed by atoms with Gasteiger partial charge in [0.15, 0.2) is 0 Å². The predicted molar refractivity (Wildman–Crippen MR) is 112 cm³/mol. The molecule has 5 nitrogen and oxygen atoms in total. The van der Waals surface area contributed by atoms with Gasteiger partial charge in [0.05, 0.1) is 0 Å². The first-order valence-electron chi connectivity index (χ1n) is 10.1. The first-order valence-corrected chi connectivity index (χ1v) is 10.1. The molecule has 0 fully saturated rings. The van der Waals surface area contributed by atoms with Gasteiger partial charge in [0, 0.05) is 6.54 Å². The number of carbonyl (C=O) groups excluding carboxylic acids is 2. The minimum absolute atomic E-state index is 0.173. The van der Waals surface area contributed by atoms with E-state index in [1.54, 1.807) is 0 Å². The van der Waals surface area contributed by atoms with Gasteiger partial charge in [-0.05, 0) is 45.6 Å². The van der Waals surface area contributed by atoms with E-state index in [4.69, 9.17) is 9.47 Å². The summed E-state index contributed by atoms with van der Waals surface area (Å²) in [7, 11) is 0. The monoisotopic (exact) mass is 389 g/mol. The second-order valence-corrected chi connectivity index (χ2v) is 7.86. The van der Waals surface area contributed by atoms with E-state index >= 15 is 0 Å². The van der Waals surface area contributed by atoms with Crippen molar-refractivity contribution in [3.8, 4) is 0 Å². The highest BCUT2D eigenvalue weighted by Gasteiger charge is 2.33. The number of nitrogens with zero attached hydrogens (tertiary/aromatic N) is 1. The lowest BCUT2D eigenvalue weighted by Crippen LogP contribution is -2.48. The Labute approximate surface area is 169 Å². The highest BCUT2D eigenvalue weighted by Crippen LogP contribution is 2.18. The van der Waals surface area contributed by atoms with Crippen LogP contribution < -0.4 is 0 Å². The Balaban J connectivity index is 2.94. The zero-order chi connectivity index (χ0) is 21.0. The molecule has 0 aliphatic carbocycles. The average molecular weight is 390 g/mol. The van der Waals surface area contributed by atoms with Gasteiger partial charge in [0.1, 0.15) is 18.2 Å². The van der Waals surface area contributed by atoms with Crippen LogP contribution in [0.2, 0.25) is 0 Å². The van der Waals surface area contributed by atoms with E-state index in [9.17, 15) is 9.59 Å². The number of rotatable bonds is 11. The van der Waals surface area contributed by atoms with Crippen molar-refractivity contribution in [3.05, 3.63) is 48.6 Å². The van der Waals surface area contributed by atoms with Gasteiger partial charge in [-0.3, -0.25) is 4.90 Å². The van der Waals surface area contributed by atoms with E-state index < -0.39 is 17.7 Å². The van der Waals surface area contributed by atoms with E-state index in [1.165, 1.54) is 4.90 Å². The quantitative estimate of drug-likeness (QED) is 0.285. The van der Waals surface area contributed by atoms with Crippen LogP contribution in [0.3, 0.4) is 0 Å². The molecule has 28 heavy (non-hydrogen) atoms. The van der Waals surface area contributed by atoms with Crippen molar-refractivity contribution >= 4 is 12.1 Å². The summed E-state index contributed by atoms with van der Waals surface area (Å²) < 4.78 is 11.1. The summed E-state index contributed by atoms with van der Waals surface area (Å²) >= 11 is 0. The Morgan fingerprint density at radius 1 is 1.18 bits per heavy atom. The Kier molecular flexibility index (Phi) is 10.4. The molecule has 0 bridgehead atoms. The normalized spacial score (nSPS) is 12.1. The minimum atomic E-state index is -0.646. The lowest BCUT2D eigenvalue weighted by atomic mass is 10.1. The topological polar surface area (TPSA) is 55.8 Å². The van der Waals surface area contributed by atoms with Crippen molar-refractivity contribution in [2.75, 3.05) is 6.54 Å². The number of unbranched alkanes of at least 4 members (excludes halogenated alkanes) is 2. The highest BCUT2D eigenvalue weighted by atomic mass is 16.6. The number of carbonyl (C=O) groups is 2. The number of esters is 1. The van der Waals surface area contributed by atoms with Crippen molar-refractivity contribution in [3.63, 3.8) is 0 Å². The van der Waals surface area contributed by atoms with Crippen LogP contribution in [0.15, 0.2) is 43.0 Å². The van der Waals surface area contributed by atoms with Crippen molar-refractivity contribution in [2.24, 2.45) is 0 Å². The van der Waals surface area contributed by atoms with Crippen molar-refractivity contribution in [2.45, 2.75) is 78.0 Å². The van der Waals surface area contributed by atoms with Gasteiger partial charge in [0.2, 0.25) is 0 Å². The number of ether oxygens (including phenoxy) is 2. The van der Waals surface area contributed by atoms with Crippen molar-refractivity contribution in [1.82, 2.24) is 4.90 Å². The van der Waals surface area contributed by atoms with Gasteiger partial charge >= 0.3 is 12.1 Å². The number of allylic oxidation sites excluding steroid dienone is 1. The van der Waals surface area contributed by atoms with Crippen molar-refractivity contribution in [1.29, 1.82) is 0 Å².